The van der Waals surface area contributed by atoms with Gasteiger partial charge >= 0.3 is 5.97 Å². The number of rotatable bonds is 7. The van der Waals surface area contributed by atoms with E-state index in [1.54, 1.807) is 36.1 Å². The topological polar surface area (TPSA) is 95.9 Å². The summed E-state index contributed by atoms with van der Waals surface area (Å²) in [5, 5.41) is 11.6. The molecule has 0 spiro atoms. The molecule has 1 aromatic carbocycles. The van der Waals surface area contributed by atoms with E-state index in [1.165, 1.54) is 0 Å². The Hall–Kier alpha value is -2.57. The van der Waals surface area contributed by atoms with Crippen molar-refractivity contribution in [3.05, 3.63) is 29.8 Å². The Kier molecular flexibility index (Phi) is 7.44. The van der Waals surface area contributed by atoms with Crippen LogP contribution in [-0.2, 0) is 9.59 Å². The predicted octanol–water partition coefficient (Wildman–Crippen LogP) is 2.06. The lowest BCUT2D eigenvalue weighted by Gasteiger charge is -2.21. The number of nitrogens with zero attached hydrogens (tertiary/aromatic N) is 1. The first-order valence-electron chi connectivity index (χ1n) is 9.06. The Labute approximate surface area is 153 Å². The number of carboxylic acid groups (broad SMARTS) is 1. The van der Waals surface area contributed by atoms with Crippen molar-refractivity contribution in [1.82, 2.24) is 10.2 Å². The Morgan fingerprint density at radius 2 is 1.81 bits per heavy atom. The molecule has 7 nitrogen and oxygen atoms in total. The van der Waals surface area contributed by atoms with Crippen molar-refractivity contribution >= 4 is 17.8 Å². The lowest BCUT2D eigenvalue weighted by atomic mass is 10.1. The molecule has 0 bridgehead atoms. The second-order valence-electron chi connectivity index (χ2n) is 6.35. The second kappa shape index (κ2) is 9.79. The summed E-state index contributed by atoms with van der Waals surface area (Å²) < 4.78 is 5.59. The minimum Gasteiger partial charge on any atom is -0.483 e. The highest BCUT2D eigenvalue weighted by Gasteiger charge is 2.22. The predicted molar refractivity (Wildman–Crippen MR) is 96.2 cm³/mol. The van der Waals surface area contributed by atoms with E-state index in [0.29, 0.717) is 0 Å². The molecule has 1 atom stereocenters. The molecule has 0 aliphatic carbocycles. The van der Waals surface area contributed by atoms with E-state index in [9.17, 15) is 14.4 Å². The molecule has 0 saturated carbocycles. The van der Waals surface area contributed by atoms with Crippen molar-refractivity contribution in [2.75, 3.05) is 19.7 Å². The average molecular weight is 362 g/mol. The van der Waals surface area contributed by atoms with Gasteiger partial charge in [-0.3, -0.25) is 9.59 Å². The van der Waals surface area contributed by atoms with E-state index in [4.69, 9.17) is 9.84 Å². The molecule has 1 aromatic rings. The van der Waals surface area contributed by atoms with Crippen molar-refractivity contribution in [2.24, 2.45) is 0 Å². The third kappa shape index (κ3) is 5.47. The quantitative estimate of drug-likeness (QED) is 0.774. The second-order valence-corrected chi connectivity index (χ2v) is 6.35. The van der Waals surface area contributed by atoms with Gasteiger partial charge in [0.25, 0.3) is 11.8 Å². The van der Waals surface area contributed by atoms with Crippen molar-refractivity contribution < 1.29 is 24.2 Å². The van der Waals surface area contributed by atoms with Crippen LogP contribution >= 0.6 is 0 Å². The maximum atomic E-state index is 12.4. The van der Waals surface area contributed by atoms with Crippen molar-refractivity contribution in [2.45, 2.75) is 45.1 Å². The Balaban J connectivity index is 2.00. The molecule has 1 aliphatic rings. The Morgan fingerprint density at radius 3 is 2.42 bits per heavy atom. The highest BCUT2D eigenvalue weighted by Crippen LogP contribution is 2.19. The average Bonchev–Trinajstić information content (AvgIpc) is 2.93. The summed E-state index contributed by atoms with van der Waals surface area (Å²) in [5.41, 5.74) is 0.218. The first kappa shape index (κ1) is 19.8. The van der Waals surface area contributed by atoms with E-state index in [1.807, 2.05) is 0 Å². The highest BCUT2D eigenvalue weighted by atomic mass is 16.5. The van der Waals surface area contributed by atoms with Crippen LogP contribution in [0.25, 0.3) is 0 Å². The zero-order valence-corrected chi connectivity index (χ0v) is 15.1. The number of carbonyl (C=O) groups is 3. The van der Waals surface area contributed by atoms with Gasteiger partial charge in [0.2, 0.25) is 0 Å². The SMILES string of the molecule is CCC(NC(=O)c1ccccc1OCC(=O)N1CCCCCC1)C(=O)O. The van der Waals surface area contributed by atoms with E-state index in [2.05, 4.69) is 5.32 Å². The summed E-state index contributed by atoms with van der Waals surface area (Å²) in [6, 6.07) is 5.56. The third-order valence-electron chi connectivity index (χ3n) is 4.45. The molecule has 1 fully saturated rings. The minimum atomic E-state index is -1.09. The number of carbonyl (C=O) groups excluding carboxylic acids is 2. The maximum absolute atomic E-state index is 12.4. The number of hydrogen-bond donors (Lipinski definition) is 2. The third-order valence-corrected chi connectivity index (χ3v) is 4.45. The smallest absolute Gasteiger partial charge is 0.326 e. The molecule has 1 aliphatic heterocycles. The van der Waals surface area contributed by atoms with Gasteiger partial charge in [0.05, 0.1) is 5.56 Å². The van der Waals surface area contributed by atoms with Gasteiger partial charge in [-0.1, -0.05) is 31.9 Å². The molecule has 2 rings (SSSR count). The first-order chi connectivity index (χ1) is 12.5. The molecule has 1 heterocycles. The molecular formula is C19H26N2O5. The molecular weight excluding hydrogens is 336 g/mol. The number of likely N-dealkylation sites (tertiary alicyclic amines) is 1. The maximum Gasteiger partial charge on any atom is 0.326 e. The zero-order valence-electron chi connectivity index (χ0n) is 15.1. The van der Waals surface area contributed by atoms with Crippen LogP contribution in [0.15, 0.2) is 24.3 Å². The normalized spacial score (nSPS) is 15.7. The van der Waals surface area contributed by atoms with Gasteiger partial charge in [0.15, 0.2) is 6.61 Å². The lowest BCUT2D eigenvalue weighted by Crippen LogP contribution is -2.40. The molecule has 142 valence electrons. The van der Waals surface area contributed by atoms with Gasteiger partial charge in [-0.05, 0) is 31.4 Å². The van der Waals surface area contributed by atoms with Crippen LogP contribution in [-0.4, -0.2) is 53.5 Å². The zero-order chi connectivity index (χ0) is 18.9. The van der Waals surface area contributed by atoms with Crippen LogP contribution < -0.4 is 10.1 Å². The number of carboxylic acids is 1. The van der Waals surface area contributed by atoms with Crippen LogP contribution in [0.2, 0.25) is 0 Å². The van der Waals surface area contributed by atoms with Gasteiger partial charge in [-0.25, -0.2) is 4.79 Å². The minimum absolute atomic E-state index is 0.0981. The fourth-order valence-corrected chi connectivity index (χ4v) is 2.91. The summed E-state index contributed by atoms with van der Waals surface area (Å²) in [7, 11) is 0. The molecule has 2 N–H and O–H groups in total. The van der Waals surface area contributed by atoms with E-state index < -0.39 is 17.9 Å². The fourth-order valence-electron chi connectivity index (χ4n) is 2.91. The van der Waals surface area contributed by atoms with Crippen LogP contribution in [0.3, 0.4) is 0 Å². The van der Waals surface area contributed by atoms with Crippen molar-refractivity contribution in [3.63, 3.8) is 0 Å². The van der Waals surface area contributed by atoms with Gasteiger partial charge in [-0.2, -0.15) is 0 Å². The molecule has 0 aromatic heterocycles. The van der Waals surface area contributed by atoms with Crippen LogP contribution in [0.1, 0.15) is 49.4 Å². The summed E-state index contributed by atoms with van der Waals surface area (Å²) in [6.45, 7) is 3.02. The summed E-state index contributed by atoms with van der Waals surface area (Å²) >= 11 is 0. The Morgan fingerprint density at radius 1 is 1.15 bits per heavy atom. The van der Waals surface area contributed by atoms with Gasteiger partial charge < -0.3 is 20.1 Å². The number of amides is 2. The number of aliphatic carboxylic acids is 1. The molecule has 7 heteroatoms. The molecule has 0 radical (unpaired) electrons. The van der Waals surface area contributed by atoms with Crippen LogP contribution in [0, 0.1) is 0 Å². The van der Waals surface area contributed by atoms with Gasteiger partial charge in [-0.15, -0.1) is 0 Å². The van der Waals surface area contributed by atoms with Crippen molar-refractivity contribution in [3.8, 4) is 5.75 Å². The molecule has 1 saturated heterocycles. The Bertz CT molecular complexity index is 639. The van der Waals surface area contributed by atoms with Crippen molar-refractivity contribution in [1.29, 1.82) is 0 Å². The standard InChI is InChI=1S/C19H26N2O5/c1-2-15(19(24)25)20-18(23)14-9-5-6-10-16(14)26-13-17(22)21-11-7-3-4-8-12-21/h5-6,9-10,15H,2-4,7-8,11-13H2,1H3,(H,20,23)(H,24,25). The van der Waals surface area contributed by atoms with E-state index in [0.717, 1.165) is 38.8 Å². The number of benzene rings is 1. The molecule has 2 amide bonds. The van der Waals surface area contributed by atoms with E-state index in [-0.39, 0.29) is 30.2 Å². The summed E-state index contributed by atoms with van der Waals surface area (Å²) in [6.07, 6.45) is 4.54. The largest absolute Gasteiger partial charge is 0.483 e. The van der Waals surface area contributed by atoms with Gasteiger partial charge in [0.1, 0.15) is 11.8 Å². The highest BCUT2D eigenvalue weighted by molar-refractivity contribution is 5.99. The number of nitrogens with one attached hydrogen (secondary N) is 1. The lowest BCUT2D eigenvalue weighted by molar-refractivity contribution is -0.139. The monoisotopic (exact) mass is 362 g/mol. The van der Waals surface area contributed by atoms with Crippen LogP contribution in [0.5, 0.6) is 5.75 Å². The van der Waals surface area contributed by atoms with E-state index >= 15 is 0 Å². The number of ether oxygens (including phenoxy) is 1. The number of para-hydroxylation sites is 1. The fraction of sp³-hybridized carbons (Fsp3) is 0.526. The van der Waals surface area contributed by atoms with Gasteiger partial charge in [0, 0.05) is 13.1 Å². The summed E-state index contributed by atoms with van der Waals surface area (Å²) in [4.78, 5) is 37.6. The number of hydrogen-bond acceptors (Lipinski definition) is 4. The molecule has 1 unspecified atom stereocenters. The van der Waals surface area contributed by atoms with Crippen LogP contribution in [0.4, 0.5) is 0 Å². The first-order valence-corrected chi connectivity index (χ1v) is 9.06. The molecule has 26 heavy (non-hydrogen) atoms. The summed E-state index contributed by atoms with van der Waals surface area (Å²) in [5.74, 6) is -1.44.